The highest BCUT2D eigenvalue weighted by atomic mass is 16.1. The molecule has 0 aromatic rings. The van der Waals surface area contributed by atoms with E-state index < -0.39 is 0 Å². The van der Waals surface area contributed by atoms with E-state index >= 15 is 0 Å². The Morgan fingerprint density at radius 3 is 2.05 bits per heavy atom. The summed E-state index contributed by atoms with van der Waals surface area (Å²) >= 11 is 0. The zero-order chi connectivity index (χ0) is 14.4. The van der Waals surface area contributed by atoms with Crippen LogP contribution in [0.5, 0.6) is 0 Å². The fourth-order valence-corrected chi connectivity index (χ4v) is 3.34. The van der Waals surface area contributed by atoms with Crippen LogP contribution in [0.25, 0.3) is 0 Å². The van der Waals surface area contributed by atoms with Crippen LogP contribution in [-0.2, 0) is 4.79 Å². The van der Waals surface area contributed by atoms with Crippen molar-refractivity contribution in [2.45, 2.75) is 33.1 Å². The van der Waals surface area contributed by atoms with Gasteiger partial charge >= 0.3 is 0 Å². The maximum absolute atomic E-state index is 11.5. The molecule has 0 radical (unpaired) electrons. The third-order valence-corrected chi connectivity index (χ3v) is 4.93. The first kappa shape index (κ1) is 15.9. The van der Waals surface area contributed by atoms with Crippen LogP contribution in [0.4, 0.5) is 0 Å². The third kappa shape index (κ3) is 4.83. The first-order valence-corrected chi connectivity index (χ1v) is 8.40. The summed E-state index contributed by atoms with van der Waals surface area (Å²) in [6.07, 6.45) is 3.40. The number of ketones is 1. The van der Waals surface area contributed by atoms with Crippen LogP contribution in [-0.4, -0.2) is 79.4 Å². The predicted octanol–water partition coefficient (Wildman–Crippen LogP) is 1.32. The van der Waals surface area contributed by atoms with Gasteiger partial charge in [0.2, 0.25) is 0 Å². The Labute approximate surface area is 124 Å². The Morgan fingerprint density at radius 2 is 1.50 bits per heavy atom. The number of carbonyl (C=O) groups is 1. The molecule has 2 fully saturated rings. The molecule has 0 aliphatic carbocycles. The molecule has 2 aliphatic heterocycles. The van der Waals surface area contributed by atoms with E-state index in [2.05, 4.69) is 21.6 Å². The SMILES string of the molecule is CCC(=O)CN1CCN(CC2CCN(CC)CC2)CC1. The first-order chi connectivity index (χ1) is 9.71. The van der Waals surface area contributed by atoms with Gasteiger partial charge in [-0.2, -0.15) is 0 Å². The number of nitrogens with zero attached hydrogens (tertiary/aromatic N) is 3. The lowest BCUT2D eigenvalue weighted by Crippen LogP contribution is -2.49. The third-order valence-electron chi connectivity index (χ3n) is 4.93. The van der Waals surface area contributed by atoms with Gasteiger partial charge in [0.05, 0.1) is 6.54 Å². The number of piperidine rings is 1. The minimum atomic E-state index is 0.380. The van der Waals surface area contributed by atoms with Crippen molar-refractivity contribution in [1.29, 1.82) is 0 Å². The summed E-state index contributed by atoms with van der Waals surface area (Å²) in [6, 6.07) is 0. The van der Waals surface area contributed by atoms with E-state index in [1.165, 1.54) is 39.0 Å². The minimum Gasteiger partial charge on any atom is -0.304 e. The average Bonchev–Trinajstić information content (AvgIpc) is 2.50. The van der Waals surface area contributed by atoms with E-state index in [-0.39, 0.29) is 0 Å². The number of piperazine rings is 1. The summed E-state index contributed by atoms with van der Waals surface area (Å²) in [5.74, 6) is 1.27. The van der Waals surface area contributed by atoms with Crippen molar-refractivity contribution >= 4 is 5.78 Å². The van der Waals surface area contributed by atoms with Gasteiger partial charge in [0.1, 0.15) is 5.78 Å². The molecule has 4 heteroatoms. The summed E-state index contributed by atoms with van der Waals surface area (Å²) in [4.78, 5) is 19.0. The average molecular weight is 281 g/mol. The van der Waals surface area contributed by atoms with Crippen molar-refractivity contribution in [1.82, 2.24) is 14.7 Å². The van der Waals surface area contributed by atoms with Crippen LogP contribution in [0, 0.1) is 5.92 Å². The Morgan fingerprint density at radius 1 is 0.900 bits per heavy atom. The monoisotopic (exact) mass is 281 g/mol. The molecule has 0 unspecified atom stereocenters. The maximum atomic E-state index is 11.5. The smallest absolute Gasteiger partial charge is 0.146 e. The number of rotatable bonds is 6. The van der Waals surface area contributed by atoms with E-state index in [4.69, 9.17) is 0 Å². The van der Waals surface area contributed by atoms with E-state index in [1.807, 2.05) is 6.92 Å². The van der Waals surface area contributed by atoms with Crippen molar-refractivity contribution in [3.05, 3.63) is 0 Å². The molecule has 116 valence electrons. The Balaban J connectivity index is 1.63. The molecular weight excluding hydrogens is 250 g/mol. The molecule has 0 aromatic carbocycles. The fraction of sp³-hybridized carbons (Fsp3) is 0.938. The van der Waals surface area contributed by atoms with Crippen molar-refractivity contribution in [3.8, 4) is 0 Å². The molecule has 20 heavy (non-hydrogen) atoms. The number of hydrogen-bond donors (Lipinski definition) is 0. The molecule has 0 atom stereocenters. The summed E-state index contributed by atoms with van der Waals surface area (Å²) in [5, 5.41) is 0. The first-order valence-electron chi connectivity index (χ1n) is 8.40. The van der Waals surface area contributed by atoms with E-state index in [1.54, 1.807) is 0 Å². The highest BCUT2D eigenvalue weighted by molar-refractivity contribution is 5.80. The van der Waals surface area contributed by atoms with Crippen LogP contribution < -0.4 is 0 Å². The van der Waals surface area contributed by atoms with Crippen LogP contribution in [0.3, 0.4) is 0 Å². The van der Waals surface area contributed by atoms with Crippen molar-refractivity contribution in [2.24, 2.45) is 5.92 Å². The Kier molecular flexibility index (Phi) is 6.46. The Hall–Kier alpha value is -0.450. The molecule has 0 N–H and O–H groups in total. The van der Waals surface area contributed by atoms with Crippen LogP contribution in [0.2, 0.25) is 0 Å². The molecule has 2 saturated heterocycles. The number of hydrogen-bond acceptors (Lipinski definition) is 4. The van der Waals surface area contributed by atoms with Crippen LogP contribution >= 0.6 is 0 Å². The summed E-state index contributed by atoms with van der Waals surface area (Å²) in [7, 11) is 0. The second-order valence-electron chi connectivity index (χ2n) is 6.35. The molecule has 2 aliphatic rings. The molecule has 0 spiro atoms. The molecular formula is C16H31N3O. The highest BCUT2D eigenvalue weighted by Gasteiger charge is 2.23. The van der Waals surface area contributed by atoms with Gasteiger partial charge < -0.3 is 9.80 Å². The second-order valence-corrected chi connectivity index (χ2v) is 6.35. The lowest BCUT2D eigenvalue weighted by molar-refractivity contribution is -0.120. The highest BCUT2D eigenvalue weighted by Crippen LogP contribution is 2.18. The van der Waals surface area contributed by atoms with Gasteiger partial charge in [-0.1, -0.05) is 13.8 Å². The molecule has 0 bridgehead atoms. The van der Waals surface area contributed by atoms with Crippen molar-refractivity contribution < 1.29 is 4.79 Å². The van der Waals surface area contributed by atoms with Gasteiger partial charge in [0, 0.05) is 39.1 Å². The predicted molar refractivity (Wildman–Crippen MR) is 83.0 cm³/mol. The fourth-order valence-electron chi connectivity index (χ4n) is 3.34. The van der Waals surface area contributed by atoms with Crippen molar-refractivity contribution in [2.75, 3.05) is 58.9 Å². The van der Waals surface area contributed by atoms with Crippen LogP contribution in [0.15, 0.2) is 0 Å². The van der Waals surface area contributed by atoms with E-state index in [9.17, 15) is 4.79 Å². The lowest BCUT2D eigenvalue weighted by atomic mass is 9.96. The largest absolute Gasteiger partial charge is 0.304 e. The van der Waals surface area contributed by atoms with Gasteiger partial charge in [-0.3, -0.25) is 9.69 Å². The topological polar surface area (TPSA) is 26.8 Å². The standard InChI is InChI=1S/C16H31N3O/c1-3-16(20)14-19-11-9-18(10-12-19)13-15-5-7-17(4-2)8-6-15/h15H,3-14H2,1-2H3. The zero-order valence-corrected chi connectivity index (χ0v) is 13.3. The van der Waals surface area contributed by atoms with Gasteiger partial charge in [0.15, 0.2) is 0 Å². The van der Waals surface area contributed by atoms with E-state index in [0.29, 0.717) is 18.7 Å². The molecule has 2 rings (SSSR count). The summed E-state index contributed by atoms with van der Waals surface area (Å²) in [5.41, 5.74) is 0. The molecule has 0 aromatic heterocycles. The maximum Gasteiger partial charge on any atom is 0.146 e. The van der Waals surface area contributed by atoms with Gasteiger partial charge in [-0.15, -0.1) is 0 Å². The minimum absolute atomic E-state index is 0.380. The van der Waals surface area contributed by atoms with Gasteiger partial charge in [0.25, 0.3) is 0 Å². The molecule has 0 amide bonds. The molecule has 2 heterocycles. The van der Waals surface area contributed by atoms with Gasteiger partial charge in [-0.05, 0) is 38.4 Å². The second kappa shape index (κ2) is 8.11. The summed E-state index contributed by atoms with van der Waals surface area (Å²) < 4.78 is 0. The lowest BCUT2D eigenvalue weighted by Gasteiger charge is -2.38. The number of likely N-dealkylation sites (tertiary alicyclic amines) is 1. The van der Waals surface area contributed by atoms with Gasteiger partial charge in [-0.25, -0.2) is 0 Å². The van der Waals surface area contributed by atoms with Crippen LogP contribution in [0.1, 0.15) is 33.1 Å². The molecule has 4 nitrogen and oxygen atoms in total. The Bertz CT molecular complexity index is 292. The number of carbonyl (C=O) groups excluding carboxylic acids is 1. The quantitative estimate of drug-likeness (QED) is 0.733. The number of Topliss-reactive ketones (excluding diaryl/α,β-unsaturated/α-hetero) is 1. The van der Waals surface area contributed by atoms with Crippen molar-refractivity contribution in [3.63, 3.8) is 0 Å². The summed E-state index contributed by atoms with van der Waals surface area (Å²) in [6.45, 7) is 14.4. The van der Waals surface area contributed by atoms with E-state index in [0.717, 1.165) is 32.1 Å². The normalized spacial score (nSPS) is 24.1. The zero-order valence-electron chi connectivity index (χ0n) is 13.3. The molecule has 0 saturated carbocycles.